The summed E-state index contributed by atoms with van der Waals surface area (Å²) in [4.78, 5) is 12.1. The second-order valence-electron chi connectivity index (χ2n) is 5.78. The van der Waals surface area contributed by atoms with Crippen molar-refractivity contribution in [3.05, 3.63) is 0 Å². The van der Waals surface area contributed by atoms with Crippen LogP contribution in [0, 0.1) is 0 Å². The van der Waals surface area contributed by atoms with E-state index in [9.17, 15) is 9.00 Å². The van der Waals surface area contributed by atoms with Crippen molar-refractivity contribution >= 4 is 17.4 Å². The predicted molar refractivity (Wildman–Crippen MR) is 69.5 cm³/mol. The maximum atomic E-state index is 12.1. The molecule has 0 aliphatic carbocycles. The van der Waals surface area contributed by atoms with Gasteiger partial charge < -0.3 is 9.47 Å². The van der Waals surface area contributed by atoms with Crippen LogP contribution in [0.2, 0.25) is 0 Å². The molecule has 2 aliphatic heterocycles. The van der Waals surface area contributed by atoms with E-state index in [1.165, 1.54) is 4.31 Å². The molecular weight excluding hydrogens is 270 g/mol. The molecule has 0 spiro atoms. The summed E-state index contributed by atoms with van der Waals surface area (Å²) >= 11 is -1.78. The number of hydrogen-bond acceptors (Lipinski definition) is 5. The molecule has 0 aromatic heterocycles. The van der Waals surface area contributed by atoms with Gasteiger partial charge in [-0.05, 0) is 40.0 Å². The molecule has 2 aliphatic rings. The second kappa shape index (κ2) is 5.76. The molecule has 0 N–H and O–H groups in total. The van der Waals surface area contributed by atoms with E-state index in [2.05, 4.69) is 0 Å². The van der Waals surface area contributed by atoms with Crippen molar-refractivity contribution in [3.8, 4) is 0 Å². The van der Waals surface area contributed by atoms with Gasteiger partial charge in [0.1, 0.15) is 11.6 Å². The van der Waals surface area contributed by atoms with Gasteiger partial charge in [-0.3, -0.25) is 4.18 Å². The highest BCUT2D eigenvalue weighted by Crippen LogP contribution is 2.27. The van der Waals surface area contributed by atoms with Crippen LogP contribution in [0.3, 0.4) is 0 Å². The molecule has 2 fully saturated rings. The molecule has 2 saturated heterocycles. The fourth-order valence-corrected chi connectivity index (χ4v) is 3.14. The summed E-state index contributed by atoms with van der Waals surface area (Å²) < 4.78 is 29.0. The summed E-state index contributed by atoms with van der Waals surface area (Å²) in [5.74, 6) is 0. The fourth-order valence-electron chi connectivity index (χ4n) is 2.19. The van der Waals surface area contributed by atoms with Gasteiger partial charge in [0, 0.05) is 6.61 Å². The van der Waals surface area contributed by atoms with Crippen molar-refractivity contribution in [2.45, 2.75) is 57.8 Å². The summed E-state index contributed by atoms with van der Waals surface area (Å²) in [7, 11) is 0. The van der Waals surface area contributed by atoms with Gasteiger partial charge in [0.2, 0.25) is 0 Å². The molecule has 3 atom stereocenters. The van der Waals surface area contributed by atoms with E-state index in [0.717, 1.165) is 19.3 Å². The molecule has 1 amide bonds. The van der Waals surface area contributed by atoms with Crippen LogP contribution in [0.5, 0.6) is 0 Å². The highest BCUT2D eigenvalue weighted by molar-refractivity contribution is 7.78. The Labute approximate surface area is 116 Å². The minimum absolute atomic E-state index is 0.118. The predicted octanol–water partition coefficient (Wildman–Crippen LogP) is 1.77. The molecular formula is C12H21NO5S. The molecule has 7 heteroatoms. The van der Waals surface area contributed by atoms with Crippen LogP contribution in [-0.2, 0) is 24.9 Å². The van der Waals surface area contributed by atoms with E-state index in [1.54, 1.807) is 20.8 Å². The lowest BCUT2D eigenvalue weighted by molar-refractivity contribution is -0.0300. The largest absolute Gasteiger partial charge is 0.443 e. The lowest BCUT2D eigenvalue weighted by atomic mass is 10.0. The Bertz CT molecular complexity index is 362. The van der Waals surface area contributed by atoms with Gasteiger partial charge in [0.15, 0.2) is 0 Å². The van der Waals surface area contributed by atoms with Crippen molar-refractivity contribution in [1.29, 1.82) is 0 Å². The molecule has 2 unspecified atom stereocenters. The zero-order chi connectivity index (χ0) is 14.0. The highest BCUT2D eigenvalue weighted by atomic mass is 32.2. The molecule has 0 aromatic rings. The Morgan fingerprint density at radius 2 is 2.11 bits per heavy atom. The van der Waals surface area contributed by atoms with Crippen molar-refractivity contribution < 1.29 is 22.7 Å². The number of carbonyl (C=O) groups is 1. The maximum absolute atomic E-state index is 12.1. The number of nitrogens with zero attached hydrogens (tertiary/aromatic N) is 1. The summed E-state index contributed by atoms with van der Waals surface area (Å²) in [6, 6.07) is -0.323. The minimum atomic E-state index is -1.78. The first-order valence-electron chi connectivity index (χ1n) is 6.57. The summed E-state index contributed by atoms with van der Waals surface area (Å²) in [5.41, 5.74) is -0.623. The average molecular weight is 291 g/mol. The first-order chi connectivity index (χ1) is 8.88. The monoisotopic (exact) mass is 291 g/mol. The van der Waals surface area contributed by atoms with E-state index in [4.69, 9.17) is 13.7 Å². The normalized spacial score (nSPS) is 32.4. The Morgan fingerprint density at radius 1 is 1.37 bits per heavy atom. The molecule has 19 heavy (non-hydrogen) atoms. The van der Waals surface area contributed by atoms with Crippen LogP contribution < -0.4 is 0 Å². The number of rotatable bonds is 1. The van der Waals surface area contributed by atoms with E-state index in [-0.39, 0.29) is 18.8 Å². The third-order valence-electron chi connectivity index (χ3n) is 3.02. The molecule has 6 nitrogen and oxygen atoms in total. The highest BCUT2D eigenvalue weighted by Gasteiger charge is 2.44. The van der Waals surface area contributed by atoms with E-state index in [1.807, 2.05) is 0 Å². The maximum Gasteiger partial charge on any atom is 0.424 e. The first-order valence-corrected chi connectivity index (χ1v) is 7.60. The minimum Gasteiger partial charge on any atom is -0.443 e. The standard InChI is InChI=1S/C12H21NO5S/c1-12(2,3)18-11(14)13-9(8-17-19(13)15)10-6-4-5-7-16-10/h9-10H,4-8H2,1-3H3/t9-,10?,19?/m0/s1. The smallest absolute Gasteiger partial charge is 0.424 e. The van der Waals surface area contributed by atoms with E-state index < -0.39 is 23.0 Å². The summed E-state index contributed by atoms with van der Waals surface area (Å²) in [5, 5.41) is 0. The first kappa shape index (κ1) is 14.7. The number of amides is 1. The van der Waals surface area contributed by atoms with Gasteiger partial charge in [-0.15, -0.1) is 0 Å². The van der Waals surface area contributed by atoms with E-state index in [0.29, 0.717) is 6.61 Å². The number of ether oxygens (including phenoxy) is 2. The molecule has 0 saturated carbocycles. The van der Waals surface area contributed by atoms with Crippen LogP contribution in [0.4, 0.5) is 4.79 Å². The van der Waals surface area contributed by atoms with Crippen LogP contribution in [0.25, 0.3) is 0 Å². The van der Waals surface area contributed by atoms with Crippen LogP contribution >= 0.6 is 0 Å². The molecule has 2 heterocycles. The quantitative estimate of drug-likeness (QED) is 0.736. The lowest BCUT2D eigenvalue weighted by Crippen LogP contribution is -2.48. The number of hydrogen-bond donors (Lipinski definition) is 0. The fraction of sp³-hybridized carbons (Fsp3) is 0.917. The third kappa shape index (κ3) is 3.67. The van der Waals surface area contributed by atoms with Gasteiger partial charge in [-0.1, -0.05) is 0 Å². The van der Waals surface area contributed by atoms with Gasteiger partial charge in [-0.25, -0.2) is 9.00 Å². The van der Waals surface area contributed by atoms with Gasteiger partial charge in [-0.2, -0.15) is 4.31 Å². The Morgan fingerprint density at radius 3 is 2.68 bits per heavy atom. The summed E-state index contributed by atoms with van der Waals surface area (Å²) in [6.07, 6.45) is 2.20. The topological polar surface area (TPSA) is 65.1 Å². The molecule has 2 rings (SSSR count). The average Bonchev–Trinajstić information content (AvgIpc) is 2.70. The zero-order valence-corrected chi connectivity index (χ0v) is 12.4. The van der Waals surface area contributed by atoms with Crippen molar-refractivity contribution in [3.63, 3.8) is 0 Å². The molecule has 0 radical (unpaired) electrons. The zero-order valence-electron chi connectivity index (χ0n) is 11.6. The molecule has 110 valence electrons. The Kier molecular flexibility index (Phi) is 4.47. The Hall–Kier alpha value is -0.660. The van der Waals surface area contributed by atoms with Crippen molar-refractivity contribution in [1.82, 2.24) is 4.31 Å². The van der Waals surface area contributed by atoms with Gasteiger partial charge in [0.05, 0.1) is 12.7 Å². The number of carbonyl (C=O) groups excluding carboxylic acids is 1. The van der Waals surface area contributed by atoms with Crippen LogP contribution in [0.15, 0.2) is 0 Å². The van der Waals surface area contributed by atoms with Crippen molar-refractivity contribution in [2.24, 2.45) is 0 Å². The second-order valence-corrected chi connectivity index (χ2v) is 6.84. The SMILES string of the molecule is CC(C)(C)OC(=O)N1[C@H](C2CCCCO2)COS1=O. The molecule has 0 bridgehead atoms. The lowest BCUT2D eigenvalue weighted by Gasteiger charge is -2.32. The van der Waals surface area contributed by atoms with Crippen LogP contribution in [-0.4, -0.2) is 45.6 Å². The third-order valence-corrected chi connectivity index (χ3v) is 4.10. The van der Waals surface area contributed by atoms with Gasteiger partial charge in [0.25, 0.3) is 11.3 Å². The van der Waals surface area contributed by atoms with Crippen LogP contribution in [0.1, 0.15) is 40.0 Å². The summed E-state index contributed by atoms with van der Waals surface area (Å²) in [6.45, 7) is 6.23. The van der Waals surface area contributed by atoms with Gasteiger partial charge >= 0.3 is 6.09 Å². The Balaban J connectivity index is 2.06. The van der Waals surface area contributed by atoms with E-state index >= 15 is 0 Å². The molecule has 0 aromatic carbocycles. The van der Waals surface area contributed by atoms with Crippen molar-refractivity contribution in [2.75, 3.05) is 13.2 Å².